The minimum atomic E-state index is 0.293. The van der Waals surface area contributed by atoms with Crippen molar-refractivity contribution in [1.82, 2.24) is 10.2 Å². The molecule has 3 heteroatoms. The first-order valence-electron chi connectivity index (χ1n) is 7.87. The lowest BCUT2D eigenvalue weighted by Gasteiger charge is -2.19. The number of aromatic hydroxyl groups is 1. The molecule has 1 heterocycles. The fourth-order valence-electron chi connectivity index (χ4n) is 2.83. The van der Waals surface area contributed by atoms with Gasteiger partial charge in [0.1, 0.15) is 5.75 Å². The van der Waals surface area contributed by atoms with E-state index in [4.69, 9.17) is 0 Å². The summed E-state index contributed by atoms with van der Waals surface area (Å²) in [4.78, 5) is 0. The molecule has 1 aromatic heterocycles. The maximum absolute atomic E-state index is 10.3. The van der Waals surface area contributed by atoms with E-state index < -0.39 is 0 Å². The summed E-state index contributed by atoms with van der Waals surface area (Å²) < 4.78 is 0. The summed E-state index contributed by atoms with van der Waals surface area (Å²) in [6, 6.07) is 9.53. The molecule has 1 aromatic carbocycles. The van der Waals surface area contributed by atoms with Crippen LogP contribution in [-0.2, 0) is 0 Å². The highest BCUT2D eigenvalue weighted by molar-refractivity contribution is 5.71. The maximum atomic E-state index is 10.3. The van der Waals surface area contributed by atoms with Crippen molar-refractivity contribution in [2.45, 2.75) is 51.9 Å². The number of aromatic nitrogens is 2. The third-order valence-corrected chi connectivity index (χ3v) is 3.99. The lowest BCUT2D eigenvalue weighted by Crippen LogP contribution is -2.01. The second kappa shape index (κ2) is 7.77. The predicted molar refractivity (Wildman–Crippen MR) is 86.3 cm³/mol. The first kappa shape index (κ1) is 15.5. The molecule has 0 fully saturated rings. The summed E-state index contributed by atoms with van der Waals surface area (Å²) in [6.07, 6.45) is 7.59. The van der Waals surface area contributed by atoms with Gasteiger partial charge in [0.15, 0.2) is 0 Å². The van der Waals surface area contributed by atoms with E-state index in [0.29, 0.717) is 11.7 Å². The fraction of sp³-hybridized carbons (Fsp3) is 0.444. The Morgan fingerprint density at radius 3 is 2.62 bits per heavy atom. The standard InChI is InChI=1S/C18H24N2O/c1-3-5-6-9-14(4-2)15-10-7-12-17(21)18(15)16-11-8-13-19-20-16/h7-8,10-14,21H,3-6,9H2,1-2H3. The Morgan fingerprint density at radius 2 is 1.95 bits per heavy atom. The Labute approximate surface area is 127 Å². The van der Waals surface area contributed by atoms with Crippen LogP contribution < -0.4 is 0 Å². The zero-order valence-electron chi connectivity index (χ0n) is 12.9. The molecule has 1 atom stereocenters. The largest absolute Gasteiger partial charge is 0.507 e. The van der Waals surface area contributed by atoms with Crippen molar-refractivity contribution >= 4 is 0 Å². The molecule has 21 heavy (non-hydrogen) atoms. The number of benzene rings is 1. The molecule has 0 saturated carbocycles. The first-order valence-corrected chi connectivity index (χ1v) is 7.87. The lowest BCUT2D eigenvalue weighted by atomic mass is 9.86. The topological polar surface area (TPSA) is 46.0 Å². The molecule has 0 aliphatic carbocycles. The third-order valence-electron chi connectivity index (χ3n) is 3.99. The van der Waals surface area contributed by atoms with Gasteiger partial charge >= 0.3 is 0 Å². The van der Waals surface area contributed by atoms with E-state index in [9.17, 15) is 5.11 Å². The number of hydrogen-bond acceptors (Lipinski definition) is 3. The molecule has 0 bridgehead atoms. The van der Waals surface area contributed by atoms with Crippen LogP contribution in [0.4, 0.5) is 0 Å². The van der Waals surface area contributed by atoms with Crippen LogP contribution >= 0.6 is 0 Å². The fourth-order valence-corrected chi connectivity index (χ4v) is 2.83. The molecule has 0 aliphatic rings. The van der Waals surface area contributed by atoms with Crippen LogP contribution in [-0.4, -0.2) is 15.3 Å². The molecule has 0 aliphatic heterocycles. The Hall–Kier alpha value is -1.90. The van der Waals surface area contributed by atoms with Crippen LogP contribution in [0.3, 0.4) is 0 Å². The average Bonchev–Trinajstić information content (AvgIpc) is 2.52. The molecule has 3 nitrogen and oxygen atoms in total. The second-order valence-corrected chi connectivity index (χ2v) is 5.45. The SMILES string of the molecule is CCCCCC(CC)c1cccc(O)c1-c1cccnn1. The lowest BCUT2D eigenvalue weighted by molar-refractivity contribution is 0.474. The second-order valence-electron chi connectivity index (χ2n) is 5.45. The van der Waals surface area contributed by atoms with Crippen LogP contribution in [0.1, 0.15) is 57.4 Å². The van der Waals surface area contributed by atoms with E-state index in [1.54, 1.807) is 12.3 Å². The Balaban J connectivity index is 2.36. The Morgan fingerprint density at radius 1 is 1.10 bits per heavy atom. The van der Waals surface area contributed by atoms with Crippen molar-refractivity contribution in [3.8, 4) is 17.0 Å². The highest BCUT2D eigenvalue weighted by atomic mass is 16.3. The molecular formula is C18H24N2O. The van der Waals surface area contributed by atoms with Gasteiger partial charge in [-0.05, 0) is 42.5 Å². The highest BCUT2D eigenvalue weighted by Crippen LogP contribution is 2.38. The Bertz CT molecular complexity index is 554. The molecule has 0 spiro atoms. The van der Waals surface area contributed by atoms with Crippen molar-refractivity contribution in [3.63, 3.8) is 0 Å². The molecule has 1 unspecified atom stereocenters. The van der Waals surface area contributed by atoms with E-state index in [-0.39, 0.29) is 0 Å². The van der Waals surface area contributed by atoms with Gasteiger partial charge in [-0.15, -0.1) is 0 Å². The average molecular weight is 284 g/mol. The Kier molecular flexibility index (Phi) is 5.73. The summed E-state index contributed by atoms with van der Waals surface area (Å²) in [5, 5.41) is 18.4. The first-order chi connectivity index (χ1) is 10.3. The summed E-state index contributed by atoms with van der Waals surface area (Å²) in [6.45, 7) is 4.43. The van der Waals surface area contributed by atoms with Crippen LogP contribution in [0.2, 0.25) is 0 Å². The van der Waals surface area contributed by atoms with E-state index in [0.717, 1.165) is 24.1 Å². The quantitative estimate of drug-likeness (QED) is 0.734. The highest BCUT2D eigenvalue weighted by Gasteiger charge is 2.18. The molecule has 0 radical (unpaired) electrons. The maximum Gasteiger partial charge on any atom is 0.125 e. The van der Waals surface area contributed by atoms with Crippen molar-refractivity contribution in [1.29, 1.82) is 0 Å². The van der Waals surface area contributed by atoms with E-state index in [1.807, 2.05) is 18.2 Å². The van der Waals surface area contributed by atoms with Crippen molar-refractivity contribution < 1.29 is 5.11 Å². The number of unbranched alkanes of at least 4 members (excludes halogenated alkanes) is 2. The van der Waals surface area contributed by atoms with Gasteiger partial charge in [0.05, 0.1) is 5.69 Å². The molecule has 0 amide bonds. The van der Waals surface area contributed by atoms with Gasteiger partial charge in [-0.2, -0.15) is 10.2 Å². The summed E-state index contributed by atoms with van der Waals surface area (Å²) in [5.74, 6) is 0.752. The summed E-state index contributed by atoms with van der Waals surface area (Å²) in [5.41, 5.74) is 2.78. The van der Waals surface area contributed by atoms with Gasteiger partial charge in [-0.3, -0.25) is 0 Å². The smallest absolute Gasteiger partial charge is 0.125 e. The molecule has 2 rings (SSSR count). The van der Waals surface area contributed by atoms with Gasteiger partial charge in [0, 0.05) is 11.8 Å². The van der Waals surface area contributed by atoms with E-state index in [2.05, 4.69) is 30.1 Å². The van der Waals surface area contributed by atoms with Gasteiger partial charge in [0.2, 0.25) is 0 Å². The third kappa shape index (κ3) is 3.81. The van der Waals surface area contributed by atoms with Crippen LogP contribution in [0.5, 0.6) is 5.75 Å². The summed E-state index contributed by atoms with van der Waals surface area (Å²) in [7, 11) is 0. The molecular weight excluding hydrogens is 260 g/mol. The molecule has 1 N–H and O–H groups in total. The normalized spacial score (nSPS) is 12.3. The minimum absolute atomic E-state index is 0.293. The van der Waals surface area contributed by atoms with Crippen molar-refractivity contribution in [2.75, 3.05) is 0 Å². The van der Waals surface area contributed by atoms with E-state index in [1.165, 1.54) is 24.8 Å². The van der Waals surface area contributed by atoms with Crippen molar-refractivity contribution in [2.24, 2.45) is 0 Å². The number of phenolic OH excluding ortho intramolecular Hbond substituents is 1. The molecule has 112 valence electrons. The zero-order chi connectivity index (χ0) is 15.1. The van der Waals surface area contributed by atoms with Crippen LogP contribution in [0.15, 0.2) is 36.5 Å². The predicted octanol–water partition coefficient (Wildman–Crippen LogP) is 4.92. The number of nitrogens with zero attached hydrogens (tertiary/aromatic N) is 2. The van der Waals surface area contributed by atoms with Gasteiger partial charge < -0.3 is 5.11 Å². The number of hydrogen-bond donors (Lipinski definition) is 1. The van der Waals surface area contributed by atoms with E-state index >= 15 is 0 Å². The van der Waals surface area contributed by atoms with Gasteiger partial charge in [0.25, 0.3) is 0 Å². The molecule has 2 aromatic rings. The van der Waals surface area contributed by atoms with Gasteiger partial charge in [-0.25, -0.2) is 0 Å². The summed E-state index contributed by atoms with van der Waals surface area (Å²) >= 11 is 0. The van der Waals surface area contributed by atoms with Gasteiger partial charge in [-0.1, -0.05) is 45.2 Å². The minimum Gasteiger partial charge on any atom is -0.507 e. The van der Waals surface area contributed by atoms with Crippen LogP contribution in [0.25, 0.3) is 11.3 Å². The van der Waals surface area contributed by atoms with Crippen molar-refractivity contribution in [3.05, 3.63) is 42.1 Å². The monoisotopic (exact) mass is 284 g/mol. The molecule has 0 saturated heterocycles. The zero-order valence-corrected chi connectivity index (χ0v) is 12.9. The van der Waals surface area contributed by atoms with Crippen LogP contribution in [0, 0.1) is 0 Å². The number of rotatable bonds is 7. The number of phenols is 1.